The van der Waals surface area contributed by atoms with Crippen molar-refractivity contribution < 1.29 is 4.79 Å². The van der Waals surface area contributed by atoms with Gasteiger partial charge in [-0.05, 0) is 64.0 Å². The fourth-order valence-corrected chi connectivity index (χ4v) is 4.22. The van der Waals surface area contributed by atoms with Crippen LogP contribution in [0.5, 0.6) is 0 Å². The van der Waals surface area contributed by atoms with Crippen LogP contribution in [0, 0.1) is 11.3 Å². The Hall–Kier alpha value is -0.570. The van der Waals surface area contributed by atoms with Crippen molar-refractivity contribution in [1.82, 2.24) is 10.2 Å². The maximum atomic E-state index is 12.8. The van der Waals surface area contributed by atoms with Crippen LogP contribution in [0.3, 0.4) is 0 Å². The maximum absolute atomic E-state index is 12.8. The number of piperidine rings is 1. The molecule has 2 aliphatic heterocycles. The number of hydrogen-bond acceptors (Lipinski definition) is 2. The van der Waals surface area contributed by atoms with Crippen molar-refractivity contribution in [2.45, 2.75) is 64.5 Å². The predicted octanol–water partition coefficient (Wildman–Crippen LogP) is 2.17. The van der Waals surface area contributed by atoms with E-state index in [0.29, 0.717) is 29.3 Å². The topological polar surface area (TPSA) is 32.3 Å². The third-order valence-corrected chi connectivity index (χ3v) is 5.60. The van der Waals surface area contributed by atoms with Crippen molar-refractivity contribution in [1.29, 1.82) is 0 Å². The average Bonchev–Trinajstić information content (AvgIpc) is 2.93. The van der Waals surface area contributed by atoms with Gasteiger partial charge in [0.1, 0.15) is 0 Å². The van der Waals surface area contributed by atoms with Crippen LogP contribution in [-0.2, 0) is 4.79 Å². The monoisotopic (exact) mass is 250 g/mol. The minimum atomic E-state index is 0.356. The lowest BCUT2D eigenvalue weighted by atomic mass is 9.91. The Kier molecular flexibility index (Phi) is 3.13. The zero-order valence-electron chi connectivity index (χ0n) is 11.7. The molecule has 0 radical (unpaired) electrons. The van der Waals surface area contributed by atoms with Crippen molar-refractivity contribution in [2.75, 3.05) is 13.1 Å². The summed E-state index contributed by atoms with van der Waals surface area (Å²) in [5.74, 6) is 0.836. The Bertz CT molecular complexity index is 335. The number of nitrogens with zero attached hydrogens (tertiary/aromatic N) is 1. The molecule has 0 aromatic heterocycles. The molecule has 1 amide bonds. The number of carbonyl (C=O) groups is 1. The Morgan fingerprint density at radius 2 is 2.06 bits per heavy atom. The standard InChI is InChI=1S/C15H26N2O/c1-3-12-5-4-11(2)17(12)14(18)13-10-15(13)6-8-16-9-7-15/h11-13,16H,3-10H2,1-2H3. The second-order valence-corrected chi connectivity index (χ2v) is 6.60. The van der Waals surface area contributed by atoms with Crippen molar-refractivity contribution in [3.05, 3.63) is 0 Å². The normalized spacial score (nSPS) is 38.1. The summed E-state index contributed by atoms with van der Waals surface area (Å²) in [6.45, 7) is 6.66. The van der Waals surface area contributed by atoms with Crippen LogP contribution in [-0.4, -0.2) is 36.0 Å². The van der Waals surface area contributed by atoms with Gasteiger partial charge in [0.25, 0.3) is 0 Å². The number of likely N-dealkylation sites (tertiary alicyclic amines) is 1. The molecule has 0 aromatic rings. The third kappa shape index (κ3) is 1.87. The zero-order chi connectivity index (χ0) is 12.8. The molecule has 2 saturated heterocycles. The van der Waals surface area contributed by atoms with Crippen LogP contribution >= 0.6 is 0 Å². The van der Waals surface area contributed by atoms with Gasteiger partial charge in [-0.2, -0.15) is 0 Å². The molecule has 3 nitrogen and oxygen atoms in total. The highest BCUT2D eigenvalue weighted by molar-refractivity contribution is 5.83. The first-order valence-electron chi connectivity index (χ1n) is 7.71. The summed E-state index contributed by atoms with van der Waals surface area (Å²) in [7, 11) is 0. The van der Waals surface area contributed by atoms with E-state index in [9.17, 15) is 4.79 Å². The van der Waals surface area contributed by atoms with Gasteiger partial charge in [-0.3, -0.25) is 4.79 Å². The van der Waals surface area contributed by atoms with Crippen molar-refractivity contribution in [3.8, 4) is 0 Å². The van der Waals surface area contributed by atoms with Crippen LogP contribution in [0.1, 0.15) is 52.4 Å². The van der Waals surface area contributed by atoms with Crippen LogP contribution in [0.25, 0.3) is 0 Å². The van der Waals surface area contributed by atoms with E-state index in [2.05, 4.69) is 24.1 Å². The number of amides is 1. The summed E-state index contributed by atoms with van der Waals surface area (Å²) >= 11 is 0. The summed E-state index contributed by atoms with van der Waals surface area (Å²) in [6, 6.07) is 0.994. The van der Waals surface area contributed by atoms with Gasteiger partial charge in [-0.1, -0.05) is 6.92 Å². The Morgan fingerprint density at radius 1 is 1.33 bits per heavy atom. The second kappa shape index (κ2) is 4.52. The SMILES string of the molecule is CCC1CCC(C)N1C(=O)C1CC12CCNCC2. The van der Waals surface area contributed by atoms with Gasteiger partial charge in [-0.15, -0.1) is 0 Å². The fraction of sp³-hybridized carbons (Fsp3) is 0.933. The van der Waals surface area contributed by atoms with Crippen molar-refractivity contribution in [3.63, 3.8) is 0 Å². The number of nitrogens with one attached hydrogen (secondary N) is 1. The Morgan fingerprint density at radius 3 is 2.72 bits per heavy atom. The number of hydrogen-bond donors (Lipinski definition) is 1. The average molecular weight is 250 g/mol. The van der Waals surface area contributed by atoms with E-state index in [-0.39, 0.29) is 0 Å². The molecule has 18 heavy (non-hydrogen) atoms. The molecule has 3 aliphatic rings. The smallest absolute Gasteiger partial charge is 0.226 e. The fourth-order valence-electron chi connectivity index (χ4n) is 4.22. The minimum absolute atomic E-state index is 0.356. The summed E-state index contributed by atoms with van der Waals surface area (Å²) in [6.07, 6.45) is 7.12. The van der Waals surface area contributed by atoms with Gasteiger partial charge in [0.15, 0.2) is 0 Å². The summed E-state index contributed by atoms with van der Waals surface area (Å²) < 4.78 is 0. The highest BCUT2D eigenvalue weighted by Crippen LogP contribution is 2.59. The van der Waals surface area contributed by atoms with Gasteiger partial charge < -0.3 is 10.2 Å². The third-order valence-electron chi connectivity index (χ3n) is 5.60. The molecule has 3 atom stereocenters. The lowest BCUT2D eigenvalue weighted by molar-refractivity contribution is -0.136. The van der Waals surface area contributed by atoms with Crippen LogP contribution in [0.15, 0.2) is 0 Å². The predicted molar refractivity (Wildman–Crippen MR) is 72.3 cm³/mol. The molecule has 0 bridgehead atoms. The van der Waals surface area contributed by atoms with E-state index < -0.39 is 0 Å². The first kappa shape index (κ1) is 12.5. The molecule has 102 valence electrons. The zero-order valence-corrected chi connectivity index (χ0v) is 11.7. The molecule has 3 rings (SSSR count). The first-order chi connectivity index (χ1) is 8.68. The largest absolute Gasteiger partial charge is 0.337 e. The molecule has 1 spiro atoms. The van der Waals surface area contributed by atoms with E-state index in [4.69, 9.17) is 0 Å². The van der Waals surface area contributed by atoms with E-state index in [1.807, 2.05) is 0 Å². The van der Waals surface area contributed by atoms with Gasteiger partial charge in [0, 0.05) is 18.0 Å². The quantitative estimate of drug-likeness (QED) is 0.814. The summed E-state index contributed by atoms with van der Waals surface area (Å²) in [5, 5.41) is 3.41. The Labute approximate surface area is 110 Å². The summed E-state index contributed by atoms with van der Waals surface area (Å²) in [5.41, 5.74) is 0.392. The van der Waals surface area contributed by atoms with Gasteiger partial charge in [0.05, 0.1) is 0 Å². The molecule has 3 heteroatoms. The number of carbonyl (C=O) groups excluding carboxylic acids is 1. The van der Waals surface area contributed by atoms with E-state index in [1.165, 1.54) is 25.7 Å². The molecule has 0 aromatic carbocycles. The highest BCUT2D eigenvalue weighted by Gasteiger charge is 2.59. The van der Waals surface area contributed by atoms with Crippen LogP contribution in [0.2, 0.25) is 0 Å². The van der Waals surface area contributed by atoms with Crippen molar-refractivity contribution in [2.24, 2.45) is 11.3 Å². The van der Waals surface area contributed by atoms with Gasteiger partial charge in [0.2, 0.25) is 5.91 Å². The molecule has 1 N–H and O–H groups in total. The molecule has 2 heterocycles. The molecule has 1 saturated carbocycles. The first-order valence-corrected chi connectivity index (χ1v) is 7.71. The van der Waals surface area contributed by atoms with Crippen LogP contribution < -0.4 is 5.32 Å². The molecular weight excluding hydrogens is 224 g/mol. The van der Waals surface area contributed by atoms with Crippen molar-refractivity contribution >= 4 is 5.91 Å². The minimum Gasteiger partial charge on any atom is -0.337 e. The summed E-state index contributed by atoms with van der Waals surface area (Å²) in [4.78, 5) is 15.0. The van der Waals surface area contributed by atoms with E-state index in [1.54, 1.807) is 0 Å². The highest BCUT2D eigenvalue weighted by atomic mass is 16.2. The van der Waals surface area contributed by atoms with Gasteiger partial charge >= 0.3 is 0 Å². The molecular formula is C15H26N2O. The lowest BCUT2D eigenvalue weighted by Crippen LogP contribution is -2.42. The maximum Gasteiger partial charge on any atom is 0.226 e. The Balaban J connectivity index is 1.68. The van der Waals surface area contributed by atoms with E-state index >= 15 is 0 Å². The lowest BCUT2D eigenvalue weighted by Gasteiger charge is -2.30. The van der Waals surface area contributed by atoms with Crippen LogP contribution in [0.4, 0.5) is 0 Å². The number of rotatable bonds is 2. The molecule has 3 fully saturated rings. The molecule has 3 unspecified atom stereocenters. The second-order valence-electron chi connectivity index (χ2n) is 6.60. The van der Waals surface area contributed by atoms with E-state index in [0.717, 1.165) is 25.9 Å². The molecule has 1 aliphatic carbocycles. The van der Waals surface area contributed by atoms with Gasteiger partial charge in [-0.25, -0.2) is 0 Å².